The van der Waals surface area contributed by atoms with Crippen molar-refractivity contribution in [2.24, 2.45) is 5.41 Å². The van der Waals surface area contributed by atoms with Gasteiger partial charge in [-0.05, 0) is 50.5 Å². The molecule has 1 N–H and O–H groups in total. The van der Waals surface area contributed by atoms with E-state index in [9.17, 15) is 29.6 Å². The third-order valence-corrected chi connectivity index (χ3v) is 7.63. The van der Waals surface area contributed by atoms with Crippen LogP contribution in [0.5, 0.6) is 5.75 Å². The standard InChI is InChI=1S/C30H34N2O10Si/c1-16(33)39-22-21(31-24(34)19-10-8-9-11-20(19)25(31)35)26(40-18-14-12-17(13-15-18)32(37)38)41-23(27(43)42-29(5,6)7)30(22,36)28(2,3)4/h8-15,21-23,26,36H,1-7H3/t21-,22-,23-,26+,30-/m1/s1. The Morgan fingerprint density at radius 1 is 1.02 bits per heavy atom. The van der Waals surface area contributed by atoms with Gasteiger partial charge < -0.3 is 24.1 Å². The Kier molecular flexibility index (Phi) is 8.39. The number of carbonyl (C=O) groups is 3. The number of ether oxygens (including phenoxy) is 4. The summed E-state index contributed by atoms with van der Waals surface area (Å²) in [5, 5.41) is 23.9. The highest BCUT2D eigenvalue weighted by Crippen LogP contribution is 2.47. The fraction of sp³-hybridized carbons (Fsp3) is 0.467. The lowest BCUT2D eigenvalue weighted by atomic mass is 9.66. The Balaban J connectivity index is 1.93. The molecule has 2 aromatic carbocycles. The van der Waals surface area contributed by atoms with Crippen molar-refractivity contribution in [2.45, 2.75) is 84.2 Å². The number of aliphatic hydroxyl groups is 1. The third kappa shape index (κ3) is 5.97. The number of nitro benzene ring substituents is 1. The number of esters is 1. The number of carbonyl (C=O) groups excluding carboxylic acids is 3. The van der Waals surface area contributed by atoms with E-state index >= 15 is 0 Å². The van der Waals surface area contributed by atoms with Crippen molar-refractivity contribution in [3.63, 3.8) is 0 Å². The Morgan fingerprint density at radius 2 is 1.56 bits per heavy atom. The molecule has 0 saturated carbocycles. The Morgan fingerprint density at radius 3 is 2.00 bits per heavy atom. The highest BCUT2D eigenvalue weighted by Gasteiger charge is 2.67. The minimum absolute atomic E-state index is 0.0418. The minimum Gasteiger partial charge on any atom is -0.495 e. The van der Waals surface area contributed by atoms with E-state index < -0.39 is 63.9 Å². The first kappa shape index (κ1) is 32.0. The van der Waals surface area contributed by atoms with Crippen LogP contribution in [0.4, 0.5) is 5.69 Å². The van der Waals surface area contributed by atoms with Crippen LogP contribution in [-0.2, 0) is 19.0 Å². The predicted octanol–water partition coefficient (Wildman–Crippen LogP) is 3.19. The van der Waals surface area contributed by atoms with Gasteiger partial charge in [-0.1, -0.05) is 32.9 Å². The maximum Gasteiger partial charge on any atom is 0.303 e. The van der Waals surface area contributed by atoms with E-state index in [0.29, 0.717) is 0 Å². The SMILES string of the molecule is CC(=O)O[C@@H]1[C@@H](N2C(=O)c3ccccc3C2=O)[C@@H](Oc2ccc([N+](=O)[O-])cc2)O[C@H](C(=[Si])OC(C)(C)C)[C@@]1(O)C(C)(C)C. The number of rotatable bonds is 7. The summed E-state index contributed by atoms with van der Waals surface area (Å²) < 4.78 is 24.4. The summed E-state index contributed by atoms with van der Waals surface area (Å²) in [6.45, 7) is 11.5. The van der Waals surface area contributed by atoms with Gasteiger partial charge in [-0.15, -0.1) is 0 Å². The first-order valence-electron chi connectivity index (χ1n) is 13.6. The lowest BCUT2D eigenvalue weighted by molar-refractivity contribution is -0.384. The smallest absolute Gasteiger partial charge is 0.303 e. The predicted molar refractivity (Wildman–Crippen MR) is 155 cm³/mol. The molecule has 0 spiro atoms. The summed E-state index contributed by atoms with van der Waals surface area (Å²) in [5.41, 5.74) is -3.95. The summed E-state index contributed by atoms with van der Waals surface area (Å²) in [6, 6.07) is 9.77. The fourth-order valence-corrected chi connectivity index (χ4v) is 5.88. The molecule has 0 bridgehead atoms. The zero-order chi connectivity index (χ0) is 32.1. The number of amides is 2. The van der Waals surface area contributed by atoms with Crippen molar-refractivity contribution in [3.8, 4) is 5.75 Å². The molecule has 0 aromatic heterocycles. The number of nitrogens with zero attached hydrogens (tertiary/aromatic N) is 2. The molecule has 1 saturated heterocycles. The number of fused-ring (bicyclic) bond motifs is 1. The van der Waals surface area contributed by atoms with Gasteiger partial charge in [-0.25, -0.2) is 0 Å². The highest BCUT2D eigenvalue weighted by molar-refractivity contribution is 6.36. The van der Waals surface area contributed by atoms with Gasteiger partial charge in [-0.2, -0.15) is 0 Å². The van der Waals surface area contributed by atoms with E-state index in [2.05, 4.69) is 9.85 Å². The molecule has 5 atom stereocenters. The molecule has 2 aliphatic heterocycles. The molecule has 43 heavy (non-hydrogen) atoms. The molecule has 2 heterocycles. The maximum absolute atomic E-state index is 13.8. The van der Waals surface area contributed by atoms with Gasteiger partial charge in [0.05, 0.1) is 31.5 Å². The molecular weight excluding hydrogens is 576 g/mol. The monoisotopic (exact) mass is 610 g/mol. The summed E-state index contributed by atoms with van der Waals surface area (Å²) >= 11 is 0. The van der Waals surface area contributed by atoms with E-state index in [0.717, 1.165) is 11.8 Å². The van der Waals surface area contributed by atoms with Crippen molar-refractivity contribution in [1.82, 2.24) is 4.90 Å². The molecule has 4 rings (SSSR count). The third-order valence-electron chi connectivity index (χ3n) is 7.26. The van der Waals surface area contributed by atoms with E-state index in [-0.39, 0.29) is 27.9 Å². The topological polar surface area (TPSA) is 155 Å². The molecule has 2 aliphatic rings. The normalized spacial score (nSPS) is 25.6. The molecule has 0 aliphatic carbocycles. The van der Waals surface area contributed by atoms with E-state index in [1.54, 1.807) is 53.7 Å². The van der Waals surface area contributed by atoms with Crippen LogP contribution in [0.1, 0.15) is 69.2 Å². The van der Waals surface area contributed by atoms with Crippen LogP contribution >= 0.6 is 0 Å². The lowest BCUT2D eigenvalue weighted by Gasteiger charge is -2.57. The van der Waals surface area contributed by atoms with Crippen molar-refractivity contribution in [2.75, 3.05) is 0 Å². The van der Waals surface area contributed by atoms with Gasteiger partial charge in [0.2, 0.25) is 6.29 Å². The van der Waals surface area contributed by atoms with Gasteiger partial charge in [0.1, 0.15) is 28.9 Å². The fourth-order valence-electron chi connectivity index (χ4n) is 5.29. The lowest BCUT2D eigenvalue weighted by Crippen LogP contribution is -2.77. The van der Waals surface area contributed by atoms with Gasteiger partial charge in [-0.3, -0.25) is 29.4 Å². The zero-order valence-electron chi connectivity index (χ0n) is 24.9. The number of imide groups is 1. The van der Waals surface area contributed by atoms with Gasteiger partial charge in [0, 0.05) is 19.1 Å². The summed E-state index contributed by atoms with van der Waals surface area (Å²) in [5.74, 6) is -2.11. The van der Waals surface area contributed by atoms with Crippen LogP contribution < -0.4 is 4.74 Å². The van der Waals surface area contributed by atoms with Gasteiger partial charge >= 0.3 is 5.97 Å². The van der Waals surface area contributed by atoms with E-state index in [4.69, 9.17) is 18.9 Å². The Hall–Kier alpha value is -3.94. The molecule has 12 nitrogen and oxygen atoms in total. The second-order valence-electron chi connectivity index (χ2n) is 12.5. The van der Waals surface area contributed by atoms with Crippen LogP contribution in [0.25, 0.3) is 0 Å². The molecular formula is C30H34N2O10Si. The molecule has 2 amide bonds. The highest BCUT2D eigenvalue weighted by atomic mass is 28.1. The molecule has 2 aromatic rings. The van der Waals surface area contributed by atoms with Crippen molar-refractivity contribution < 1.29 is 43.4 Å². The molecule has 1 fully saturated rings. The van der Waals surface area contributed by atoms with E-state index in [1.165, 1.54) is 36.4 Å². The summed E-state index contributed by atoms with van der Waals surface area (Å²) in [4.78, 5) is 51.7. The maximum atomic E-state index is 13.8. The van der Waals surface area contributed by atoms with Crippen LogP contribution in [0.3, 0.4) is 0 Å². The quantitative estimate of drug-likeness (QED) is 0.162. The number of hydrogen-bond donors (Lipinski definition) is 1. The van der Waals surface area contributed by atoms with Crippen molar-refractivity contribution in [3.05, 3.63) is 69.8 Å². The average molecular weight is 611 g/mol. The molecule has 228 valence electrons. The summed E-state index contributed by atoms with van der Waals surface area (Å²) in [7, 11) is 3.48. The molecule has 13 heteroatoms. The van der Waals surface area contributed by atoms with Crippen molar-refractivity contribution in [1.29, 1.82) is 0 Å². The Bertz CT molecular complexity index is 1430. The number of non-ortho nitro benzene ring substituents is 1. The first-order chi connectivity index (χ1) is 19.9. The van der Waals surface area contributed by atoms with Crippen LogP contribution in [0, 0.1) is 15.5 Å². The number of benzene rings is 2. The van der Waals surface area contributed by atoms with Crippen LogP contribution in [-0.4, -0.2) is 83.7 Å². The van der Waals surface area contributed by atoms with E-state index in [1.807, 2.05) is 0 Å². The zero-order valence-corrected chi connectivity index (χ0v) is 25.9. The van der Waals surface area contributed by atoms with Gasteiger partial charge in [0.15, 0.2) is 6.10 Å². The van der Waals surface area contributed by atoms with Crippen LogP contribution in [0.2, 0.25) is 0 Å². The molecule has 2 radical (unpaired) electrons. The number of hydrogen-bond acceptors (Lipinski definition) is 10. The van der Waals surface area contributed by atoms with Gasteiger partial charge in [0.25, 0.3) is 17.5 Å². The Labute approximate surface area is 252 Å². The largest absolute Gasteiger partial charge is 0.495 e. The van der Waals surface area contributed by atoms with Crippen LogP contribution in [0.15, 0.2) is 48.5 Å². The minimum atomic E-state index is -2.11. The second kappa shape index (κ2) is 11.3. The molecule has 0 unspecified atom stereocenters. The summed E-state index contributed by atoms with van der Waals surface area (Å²) in [6.07, 6.45) is -4.51. The average Bonchev–Trinajstić information content (AvgIpc) is 3.14. The number of nitro groups is 1. The second-order valence-corrected chi connectivity index (χ2v) is 12.9. The first-order valence-corrected chi connectivity index (χ1v) is 14.1. The van der Waals surface area contributed by atoms with Crippen molar-refractivity contribution >= 4 is 38.7 Å².